The third-order valence-corrected chi connectivity index (χ3v) is 7.56. The fourth-order valence-corrected chi connectivity index (χ4v) is 5.68. The number of hydrogen-bond donors (Lipinski definition) is 1. The molecule has 8 heteroatoms. The van der Waals surface area contributed by atoms with E-state index in [1.165, 1.54) is 0 Å². The van der Waals surface area contributed by atoms with E-state index in [2.05, 4.69) is 11.4 Å². The Morgan fingerprint density at radius 1 is 0.925 bits per heavy atom. The van der Waals surface area contributed by atoms with Crippen LogP contribution in [0.2, 0.25) is 0 Å². The molecule has 2 heterocycles. The topological polar surface area (TPSA) is 76.2 Å². The van der Waals surface area contributed by atoms with Crippen molar-refractivity contribution in [2.45, 2.75) is 52.0 Å². The molecule has 40 heavy (non-hydrogen) atoms. The van der Waals surface area contributed by atoms with E-state index in [0.29, 0.717) is 32.6 Å². The number of nitrogens with one attached hydrogen (secondary N) is 1. The number of fused-ring (bicyclic) bond motifs is 1. The van der Waals surface area contributed by atoms with Gasteiger partial charge in [-0.05, 0) is 30.0 Å². The molecule has 2 aliphatic heterocycles. The number of hydrazine groups is 1. The highest BCUT2D eigenvalue weighted by Crippen LogP contribution is 2.30. The zero-order chi connectivity index (χ0) is 28.1. The summed E-state index contributed by atoms with van der Waals surface area (Å²) in [6, 6.07) is 26.8. The number of hydrogen-bond acceptors (Lipinski definition) is 4. The number of nitrogens with zero attached hydrogens (tertiary/aromatic N) is 4. The number of carbonyl (C=O) groups is 3. The summed E-state index contributed by atoms with van der Waals surface area (Å²) in [5.74, 6) is -0.196. The van der Waals surface area contributed by atoms with Crippen LogP contribution in [0.25, 0.3) is 0 Å². The van der Waals surface area contributed by atoms with Crippen LogP contribution in [0.1, 0.15) is 35.6 Å². The molecule has 0 saturated carbocycles. The average Bonchev–Trinajstić information content (AvgIpc) is 3.29. The molecule has 0 bridgehead atoms. The molecule has 2 atom stereocenters. The minimum atomic E-state index is -0.640. The molecule has 208 valence electrons. The molecule has 0 radical (unpaired) electrons. The lowest BCUT2D eigenvalue weighted by atomic mass is 10.00. The zero-order valence-electron chi connectivity index (χ0n) is 23.2. The Morgan fingerprint density at radius 3 is 2.27 bits per heavy atom. The lowest BCUT2D eigenvalue weighted by Crippen LogP contribution is -2.66. The summed E-state index contributed by atoms with van der Waals surface area (Å²) in [6.07, 6.45) is 0.724. The zero-order valence-corrected chi connectivity index (χ0v) is 23.2. The van der Waals surface area contributed by atoms with E-state index in [4.69, 9.17) is 0 Å². The van der Waals surface area contributed by atoms with Crippen LogP contribution in [0.15, 0.2) is 84.9 Å². The quantitative estimate of drug-likeness (QED) is 0.447. The molecule has 0 aliphatic carbocycles. The number of urea groups is 1. The number of aryl methyl sites for hydroxylation is 1. The number of piperazine rings is 1. The van der Waals surface area contributed by atoms with Gasteiger partial charge in [-0.15, -0.1) is 0 Å². The summed E-state index contributed by atoms with van der Waals surface area (Å²) in [5.41, 5.74) is 4.17. The van der Waals surface area contributed by atoms with Crippen molar-refractivity contribution in [1.29, 1.82) is 0 Å². The first-order chi connectivity index (χ1) is 19.4. The number of carbonyl (C=O) groups excluding carboxylic acids is 3. The predicted molar refractivity (Wildman–Crippen MR) is 154 cm³/mol. The van der Waals surface area contributed by atoms with Crippen molar-refractivity contribution in [2.75, 3.05) is 19.6 Å². The number of amides is 4. The maximum absolute atomic E-state index is 13.9. The predicted octanol–water partition coefficient (Wildman–Crippen LogP) is 3.96. The smallest absolute Gasteiger partial charge is 0.332 e. The third-order valence-electron chi connectivity index (χ3n) is 7.56. The fourth-order valence-electron chi connectivity index (χ4n) is 5.68. The first-order valence-corrected chi connectivity index (χ1v) is 14.0. The molecular weight excluding hydrogens is 502 g/mol. The van der Waals surface area contributed by atoms with Gasteiger partial charge in [0.1, 0.15) is 12.2 Å². The molecule has 1 N–H and O–H groups in total. The van der Waals surface area contributed by atoms with Gasteiger partial charge in [-0.2, -0.15) is 5.01 Å². The molecule has 0 unspecified atom stereocenters. The summed E-state index contributed by atoms with van der Waals surface area (Å²) in [4.78, 5) is 44.5. The van der Waals surface area contributed by atoms with Crippen LogP contribution in [0.5, 0.6) is 0 Å². The molecule has 8 nitrogen and oxygen atoms in total. The average molecular weight is 540 g/mol. The molecular formula is C32H37N5O3. The van der Waals surface area contributed by atoms with Gasteiger partial charge in [-0.3, -0.25) is 14.6 Å². The molecule has 2 saturated heterocycles. The second-order valence-corrected chi connectivity index (χ2v) is 10.6. The first kappa shape index (κ1) is 27.4. The van der Waals surface area contributed by atoms with Crippen molar-refractivity contribution in [3.05, 3.63) is 107 Å². The van der Waals surface area contributed by atoms with Crippen LogP contribution < -0.4 is 5.32 Å². The Bertz CT molecular complexity index is 1330. The largest absolute Gasteiger partial charge is 0.333 e. The number of rotatable bonds is 9. The second-order valence-electron chi connectivity index (χ2n) is 10.6. The third kappa shape index (κ3) is 6.02. The monoisotopic (exact) mass is 539 g/mol. The Balaban J connectivity index is 1.42. The van der Waals surface area contributed by atoms with Gasteiger partial charge in [0.15, 0.2) is 0 Å². The van der Waals surface area contributed by atoms with Crippen molar-refractivity contribution in [2.24, 2.45) is 0 Å². The number of benzene rings is 3. The van der Waals surface area contributed by atoms with Gasteiger partial charge in [0.05, 0.1) is 13.1 Å². The van der Waals surface area contributed by atoms with Gasteiger partial charge in [-0.1, -0.05) is 97.4 Å². The SMILES string of the molecule is CCCN(C(=O)NCc1ccccc1)N1CC(=O)N2[C@@H](Cc3ccccc3)C(=O)N(Cc3cccc(C)c3)C[C@@H]21. The highest BCUT2D eigenvalue weighted by Gasteiger charge is 2.52. The summed E-state index contributed by atoms with van der Waals surface area (Å²) in [7, 11) is 0. The van der Waals surface area contributed by atoms with Crippen molar-refractivity contribution in [3.63, 3.8) is 0 Å². The lowest BCUT2D eigenvalue weighted by Gasteiger charge is -2.46. The summed E-state index contributed by atoms with van der Waals surface area (Å²) >= 11 is 0. The van der Waals surface area contributed by atoms with E-state index >= 15 is 0 Å². The van der Waals surface area contributed by atoms with Crippen molar-refractivity contribution in [1.82, 2.24) is 25.1 Å². The van der Waals surface area contributed by atoms with Gasteiger partial charge >= 0.3 is 6.03 Å². The van der Waals surface area contributed by atoms with Crippen LogP contribution in [0, 0.1) is 6.92 Å². The molecule has 3 aromatic rings. The van der Waals surface area contributed by atoms with Crippen LogP contribution in [0.4, 0.5) is 4.79 Å². The Morgan fingerprint density at radius 2 is 1.60 bits per heavy atom. The van der Waals surface area contributed by atoms with Gasteiger partial charge < -0.3 is 15.1 Å². The van der Waals surface area contributed by atoms with Crippen molar-refractivity contribution >= 4 is 17.8 Å². The molecule has 2 fully saturated rings. The first-order valence-electron chi connectivity index (χ1n) is 14.0. The fraction of sp³-hybridized carbons (Fsp3) is 0.344. The Hall–Kier alpha value is -4.17. The van der Waals surface area contributed by atoms with E-state index in [-0.39, 0.29) is 24.4 Å². The van der Waals surface area contributed by atoms with E-state index in [1.54, 1.807) is 9.91 Å². The standard InChI is InChI=1S/C32H37N5O3/c1-3-17-35(32(40)33-20-26-14-8-5-9-15-26)36-23-30(38)37-28(19-25-12-6-4-7-13-25)31(39)34(22-29(36)37)21-27-16-10-11-24(2)18-27/h4-16,18,28-29H,3,17,19-23H2,1-2H3,(H,33,40)/t28-,29+/m0/s1. The normalized spacial score (nSPS) is 19.1. The van der Waals surface area contributed by atoms with E-state index in [9.17, 15) is 14.4 Å². The van der Waals surface area contributed by atoms with E-state index in [1.807, 2.05) is 103 Å². The molecule has 4 amide bonds. The second kappa shape index (κ2) is 12.3. The van der Waals surface area contributed by atoms with E-state index in [0.717, 1.165) is 28.7 Å². The molecule has 5 rings (SSSR count). The highest BCUT2D eigenvalue weighted by atomic mass is 16.2. The van der Waals surface area contributed by atoms with Gasteiger partial charge in [0.2, 0.25) is 11.8 Å². The molecule has 0 spiro atoms. The van der Waals surface area contributed by atoms with Crippen LogP contribution in [-0.4, -0.2) is 69.5 Å². The van der Waals surface area contributed by atoms with E-state index < -0.39 is 12.2 Å². The van der Waals surface area contributed by atoms with Crippen LogP contribution in [-0.2, 0) is 29.1 Å². The molecule has 0 aromatic heterocycles. The summed E-state index contributed by atoms with van der Waals surface area (Å²) in [5, 5.41) is 6.54. The van der Waals surface area contributed by atoms with Crippen LogP contribution >= 0.6 is 0 Å². The Labute approximate surface area is 236 Å². The maximum Gasteiger partial charge on any atom is 0.332 e. The highest BCUT2D eigenvalue weighted by molar-refractivity contribution is 5.91. The minimum absolute atomic E-state index is 0.0558. The van der Waals surface area contributed by atoms with Gasteiger partial charge in [0.25, 0.3) is 0 Å². The lowest BCUT2D eigenvalue weighted by molar-refractivity contribution is -0.157. The Kier molecular flexibility index (Phi) is 8.45. The summed E-state index contributed by atoms with van der Waals surface area (Å²) < 4.78 is 0. The maximum atomic E-state index is 13.9. The minimum Gasteiger partial charge on any atom is -0.333 e. The van der Waals surface area contributed by atoms with Crippen molar-refractivity contribution < 1.29 is 14.4 Å². The van der Waals surface area contributed by atoms with Gasteiger partial charge in [0, 0.05) is 26.1 Å². The van der Waals surface area contributed by atoms with Gasteiger partial charge in [-0.25, -0.2) is 4.79 Å². The van der Waals surface area contributed by atoms with Crippen molar-refractivity contribution in [3.8, 4) is 0 Å². The summed E-state index contributed by atoms with van der Waals surface area (Å²) in [6.45, 7) is 5.75. The molecule has 2 aliphatic rings. The van der Waals surface area contributed by atoms with Crippen LogP contribution in [0.3, 0.4) is 0 Å². The molecule has 3 aromatic carbocycles.